The van der Waals surface area contributed by atoms with Crippen molar-refractivity contribution in [1.29, 1.82) is 5.26 Å². The van der Waals surface area contributed by atoms with Crippen molar-refractivity contribution in [2.24, 2.45) is 0 Å². The van der Waals surface area contributed by atoms with Crippen molar-refractivity contribution >= 4 is 17.5 Å². The highest BCUT2D eigenvalue weighted by Crippen LogP contribution is 2.17. The van der Waals surface area contributed by atoms with Gasteiger partial charge in [-0.05, 0) is 36.2 Å². The van der Waals surface area contributed by atoms with E-state index in [-0.39, 0.29) is 12.3 Å². The van der Waals surface area contributed by atoms with Gasteiger partial charge in [-0.1, -0.05) is 24.3 Å². The summed E-state index contributed by atoms with van der Waals surface area (Å²) in [6.07, 6.45) is 0.338. The molecule has 2 aromatic rings. The predicted molar refractivity (Wildman–Crippen MR) is 94.1 cm³/mol. The van der Waals surface area contributed by atoms with Crippen LogP contribution in [0.4, 0.5) is 5.69 Å². The van der Waals surface area contributed by atoms with Gasteiger partial charge in [-0.3, -0.25) is 9.59 Å². The highest BCUT2D eigenvalue weighted by atomic mass is 16.5. The lowest BCUT2D eigenvalue weighted by Crippen LogP contribution is -2.29. The molecular formula is C19H19N3O3. The van der Waals surface area contributed by atoms with Gasteiger partial charge in [0, 0.05) is 12.2 Å². The number of nitriles is 1. The fourth-order valence-electron chi connectivity index (χ4n) is 2.33. The summed E-state index contributed by atoms with van der Waals surface area (Å²) in [6, 6.07) is 16.1. The van der Waals surface area contributed by atoms with Gasteiger partial charge >= 0.3 is 0 Å². The van der Waals surface area contributed by atoms with Crippen molar-refractivity contribution in [1.82, 2.24) is 5.32 Å². The van der Waals surface area contributed by atoms with Crippen LogP contribution in [0.3, 0.4) is 0 Å². The molecule has 0 aliphatic carbocycles. The van der Waals surface area contributed by atoms with Gasteiger partial charge in [-0.25, -0.2) is 0 Å². The smallest absolute Gasteiger partial charge is 0.233 e. The number of nitrogens with zero attached hydrogens (tertiary/aromatic N) is 1. The molecule has 0 bridgehead atoms. The summed E-state index contributed by atoms with van der Waals surface area (Å²) in [5.41, 5.74) is 1.92. The summed E-state index contributed by atoms with van der Waals surface area (Å²) in [5.74, 6) is -0.0133. The highest BCUT2D eigenvalue weighted by molar-refractivity contribution is 6.03. The number of ether oxygens (including phenoxy) is 1. The molecule has 0 aromatic heterocycles. The minimum atomic E-state index is -0.426. The van der Waals surface area contributed by atoms with E-state index < -0.39 is 5.91 Å². The van der Waals surface area contributed by atoms with E-state index in [1.807, 2.05) is 30.3 Å². The number of carbonyl (C=O) groups is 2. The zero-order chi connectivity index (χ0) is 18.1. The number of carbonyl (C=O) groups excluding carboxylic acids is 2. The Hall–Kier alpha value is -3.33. The second kappa shape index (κ2) is 9.08. The molecule has 2 aromatic carbocycles. The first-order chi connectivity index (χ1) is 12.1. The first-order valence-electron chi connectivity index (χ1n) is 7.81. The van der Waals surface area contributed by atoms with Crippen LogP contribution in [0, 0.1) is 11.3 Å². The van der Waals surface area contributed by atoms with Gasteiger partial charge in [-0.2, -0.15) is 5.26 Å². The Morgan fingerprint density at radius 1 is 1.12 bits per heavy atom. The van der Waals surface area contributed by atoms with Crippen molar-refractivity contribution in [2.75, 3.05) is 19.0 Å². The van der Waals surface area contributed by atoms with Crippen LogP contribution < -0.4 is 15.4 Å². The molecule has 0 heterocycles. The molecule has 0 saturated heterocycles. The van der Waals surface area contributed by atoms with Crippen LogP contribution >= 0.6 is 0 Å². The van der Waals surface area contributed by atoms with Gasteiger partial charge in [-0.15, -0.1) is 0 Å². The van der Waals surface area contributed by atoms with Crippen LogP contribution in [-0.2, 0) is 16.0 Å². The lowest BCUT2D eigenvalue weighted by Gasteiger charge is -2.09. The SMILES string of the molecule is COc1ccccc1CCNC(=O)CC(=O)Nc1cccc(C#N)c1. The van der Waals surface area contributed by atoms with E-state index >= 15 is 0 Å². The van der Waals surface area contributed by atoms with Crippen LogP contribution in [-0.4, -0.2) is 25.5 Å². The zero-order valence-corrected chi connectivity index (χ0v) is 13.9. The Kier molecular flexibility index (Phi) is 6.55. The maximum Gasteiger partial charge on any atom is 0.233 e. The monoisotopic (exact) mass is 337 g/mol. The number of methoxy groups -OCH3 is 1. The van der Waals surface area contributed by atoms with E-state index in [9.17, 15) is 9.59 Å². The van der Waals surface area contributed by atoms with Crippen molar-refractivity contribution in [2.45, 2.75) is 12.8 Å². The predicted octanol–water partition coefficient (Wildman–Crippen LogP) is 2.25. The Bertz CT molecular complexity index is 796. The number of hydrogen-bond donors (Lipinski definition) is 2. The quantitative estimate of drug-likeness (QED) is 0.758. The summed E-state index contributed by atoms with van der Waals surface area (Å²) < 4.78 is 5.25. The summed E-state index contributed by atoms with van der Waals surface area (Å²) in [5, 5.41) is 14.2. The molecule has 0 fully saturated rings. The van der Waals surface area contributed by atoms with Crippen molar-refractivity contribution in [3.05, 3.63) is 59.7 Å². The van der Waals surface area contributed by atoms with Crippen LogP contribution in [0.2, 0.25) is 0 Å². The molecule has 25 heavy (non-hydrogen) atoms. The normalized spacial score (nSPS) is 9.76. The fraction of sp³-hybridized carbons (Fsp3) is 0.211. The molecular weight excluding hydrogens is 318 g/mol. The second-order valence-electron chi connectivity index (χ2n) is 5.33. The molecule has 0 unspecified atom stereocenters. The summed E-state index contributed by atoms with van der Waals surface area (Å²) in [7, 11) is 1.60. The Morgan fingerprint density at radius 2 is 1.92 bits per heavy atom. The number of hydrogen-bond acceptors (Lipinski definition) is 4. The number of para-hydroxylation sites is 1. The minimum absolute atomic E-state index is 0.275. The van der Waals surface area contributed by atoms with Crippen LogP contribution in [0.15, 0.2) is 48.5 Å². The van der Waals surface area contributed by atoms with Gasteiger partial charge < -0.3 is 15.4 Å². The molecule has 2 N–H and O–H groups in total. The maximum absolute atomic E-state index is 11.9. The molecule has 6 heteroatoms. The number of anilines is 1. The van der Waals surface area contributed by atoms with Crippen LogP contribution in [0.5, 0.6) is 5.75 Å². The average molecular weight is 337 g/mol. The Labute approximate surface area is 146 Å². The molecule has 6 nitrogen and oxygen atoms in total. The van der Waals surface area contributed by atoms with Gasteiger partial charge in [0.05, 0.1) is 18.7 Å². The number of rotatable bonds is 7. The van der Waals surface area contributed by atoms with E-state index in [4.69, 9.17) is 10.00 Å². The molecule has 2 rings (SSSR count). The first kappa shape index (κ1) is 18.0. The Morgan fingerprint density at radius 3 is 2.68 bits per heavy atom. The first-order valence-corrected chi connectivity index (χ1v) is 7.81. The van der Waals surface area contributed by atoms with Crippen molar-refractivity contribution in [3.63, 3.8) is 0 Å². The number of benzene rings is 2. The average Bonchev–Trinajstić information content (AvgIpc) is 2.62. The van der Waals surface area contributed by atoms with E-state index in [0.717, 1.165) is 11.3 Å². The molecule has 0 aliphatic heterocycles. The van der Waals surface area contributed by atoms with Gasteiger partial charge in [0.15, 0.2) is 0 Å². The van der Waals surface area contributed by atoms with E-state index in [0.29, 0.717) is 24.2 Å². The van der Waals surface area contributed by atoms with Crippen LogP contribution in [0.25, 0.3) is 0 Å². The van der Waals surface area contributed by atoms with E-state index in [2.05, 4.69) is 10.6 Å². The summed E-state index contributed by atoms with van der Waals surface area (Å²) in [4.78, 5) is 23.7. The number of nitrogens with one attached hydrogen (secondary N) is 2. The van der Waals surface area contributed by atoms with E-state index in [1.54, 1.807) is 31.4 Å². The largest absolute Gasteiger partial charge is 0.496 e. The molecule has 0 atom stereocenters. The maximum atomic E-state index is 11.9. The topological polar surface area (TPSA) is 91.2 Å². The standard InChI is InChI=1S/C19H19N3O3/c1-25-17-8-3-2-6-15(17)9-10-21-18(23)12-19(24)22-16-7-4-5-14(11-16)13-20/h2-8,11H,9-10,12H2,1H3,(H,21,23)(H,22,24). The third kappa shape index (κ3) is 5.66. The summed E-state index contributed by atoms with van der Waals surface area (Å²) in [6.45, 7) is 0.413. The minimum Gasteiger partial charge on any atom is -0.496 e. The van der Waals surface area contributed by atoms with Gasteiger partial charge in [0.25, 0.3) is 0 Å². The van der Waals surface area contributed by atoms with Crippen LogP contribution in [0.1, 0.15) is 17.5 Å². The number of amides is 2. The van der Waals surface area contributed by atoms with E-state index in [1.165, 1.54) is 0 Å². The third-order valence-corrected chi connectivity index (χ3v) is 3.51. The Balaban J connectivity index is 1.78. The van der Waals surface area contributed by atoms with Crippen molar-refractivity contribution in [3.8, 4) is 11.8 Å². The summed E-state index contributed by atoms with van der Waals surface area (Å²) >= 11 is 0. The van der Waals surface area contributed by atoms with Gasteiger partial charge in [0.2, 0.25) is 11.8 Å². The molecule has 0 radical (unpaired) electrons. The second-order valence-corrected chi connectivity index (χ2v) is 5.33. The highest BCUT2D eigenvalue weighted by Gasteiger charge is 2.10. The van der Waals surface area contributed by atoms with Crippen molar-refractivity contribution < 1.29 is 14.3 Å². The molecule has 0 aliphatic rings. The van der Waals surface area contributed by atoms with Gasteiger partial charge in [0.1, 0.15) is 12.2 Å². The fourth-order valence-corrected chi connectivity index (χ4v) is 2.33. The lowest BCUT2D eigenvalue weighted by molar-refractivity contribution is -0.126. The lowest BCUT2D eigenvalue weighted by atomic mass is 10.1. The molecule has 0 spiro atoms. The molecule has 128 valence electrons. The molecule has 2 amide bonds. The third-order valence-electron chi connectivity index (χ3n) is 3.51. The molecule has 0 saturated carbocycles. The zero-order valence-electron chi connectivity index (χ0n) is 13.9.